The molecule has 0 radical (unpaired) electrons. The molecule has 8 heteroatoms. The highest BCUT2D eigenvalue weighted by Crippen LogP contribution is 2.43. The van der Waals surface area contributed by atoms with Crippen LogP contribution >= 0.6 is 15.9 Å². The number of anilines is 1. The Kier molecular flexibility index (Phi) is 6.93. The first-order valence-corrected chi connectivity index (χ1v) is 12.8. The van der Waals surface area contributed by atoms with Crippen molar-refractivity contribution in [2.45, 2.75) is 25.8 Å². The van der Waals surface area contributed by atoms with Crippen molar-refractivity contribution < 1.29 is 23.4 Å². The van der Waals surface area contributed by atoms with Gasteiger partial charge in [-0.3, -0.25) is 14.5 Å². The molecule has 1 aliphatic heterocycles. The fourth-order valence-electron chi connectivity index (χ4n) is 4.57. The molecule has 190 valence electrons. The molecular formula is C29H26BrNO6. The van der Waals surface area contributed by atoms with Crippen LogP contribution in [0.4, 0.5) is 5.69 Å². The largest absolute Gasteiger partial charge is 0.497 e. The summed E-state index contributed by atoms with van der Waals surface area (Å²) in [6.45, 7) is 2.67. The minimum Gasteiger partial charge on any atom is -0.497 e. The molecule has 0 aliphatic carbocycles. The molecule has 0 spiro atoms. The second-order valence-electron chi connectivity index (χ2n) is 8.70. The van der Waals surface area contributed by atoms with Gasteiger partial charge < -0.3 is 18.6 Å². The van der Waals surface area contributed by atoms with Crippen LogP contribution in [-0.4, -0.2) is 26.7 Å². The fourth-order valence-corrected chi connectivity index (χ4v) is 4.93. The molecule has 0 N–H and O–H groups in total. The van der Waals surface area contributed by atoms with E-state index in [1.54, 1.807) is 61.6 Å². The number of ether oxygens (including phenoxy) is 3. The maximum absolute atomic E-state index is 13.8. The summed E-state index contributed by atoms with van der Waals surface area (Å²) >= 11 is 3.43. The molecule has 3 aromatic carbocycles. The maximum Gasteiger partial charge on any atom is 0.295 e. The molecule has 1 aliphatic rings. The first kappa shape index (κ1) is 24.9. The number of hydrogen-bond donors (Lipinski definition) is 0. The predicted octanol–water partition coefficient (Wildman–Crippen LogP) is 6.50. The number of halogens is 1. The number of carbonyl (C=O) groups excluding carboxylic acids is 1. The molecule has 1 amide bonds. The molecule has 1 aromatic heterocycles. The number of hydrogen-bond acceptors (Lipinski definition) is 6. The Labute approximate surface area is 222 Å². The van der Waals surface area contributed by atoms with E-state index < -0.39 is 11.9 Å². The van der Waals surface area contributed by atoms with Crippen molar-refractivity contribution in [1.82, 2.24) is 0 Å². The lowest BCUT2D eigenvalue weighted by Crippen LogP contribution is -2.29. The molecule has 37 heavy (non-hydrogen) atoms. The molecule has 0 fully saturated rings. The Morgan fingerprint density at radius 1 is 0.946 bits per heavy atom. The van der Waals surface area contributed by atoms with E-state index in [1.165, 1.54) is 0 Å². The van der Waals surface area contributed by atoms with Gasteiger partial charge in [-0.2, -0.15) is 0 Å². The lowest BCUT2D eigenvalue weighted by molar-refractivity contribution is 0.0971. The molecule has 1 unspecified atom stereocenters. The number of methoxy groups -OCH3 is 2. The Morgan fingerprint density at radius 2 is 1.73 bits per heavy atom. The van der Waals surface area contributed by atoms with E-state index in [2.05, 4.69) is 22.9 Å². The highest BCUT2D eigenvalue weighted by atomic mass is 79.9. The second-order valence-corrected chi connectivity index (χ2v) is 9.62. The number of nitrogens with zero attached hydrogens (tertiary/aromatic N) is 1. The van der Waals surface area contributed by atoms with Crippen molar-refractivity contribution in [3.8, 4) is 17.2 Å². The van der Waals surface area contributed by atoms with Crippen LogP contribution in [0.2, 0.25) is 0 Å². The topological polar surface area (TPSA) is 78.2 Å². The van der Waals surface area contributed by atoms with E-state index in [9.17, 15) is 9.59 Å². The van der Waals surface area contributed by atoms with Crippen LogP contribution < -0.4 is 24.5 Å². The number of fused-ring (bicyclic) bond motifs is 2. The number of benzene rings is 3. The van der Waals surface area contributed by atoms with Crippen molar-refractivity contribution in [1.29, 1.82) is 0 Å². The Balaban J connectivity index is 1.70. The van der Waals surface area contributed by atoms with E-state index in [0.717, 1.165) is 17.3 Å². The van der Waals surface area contributed by atoms with Gasteiger partial charge in [-0.05, 0) is 66.6 Å². The molecule has 0 bridgehead atoms. The SMILES string of the molecule is CCCCOc1ccc(C2c3c(oc4ccc(Br)cc4c3=O)C(=O)N2c2ccc(OC)cc2)cc1OC. The molecule has 4 aromatic rings. The molecule has 0 saturated heterocycles. The van der Waals surface area contributed by atoms with E-state index in [-0.39, 0.29) is 16.8 Å². The third-order valence-electron chi connectivity index (χ3n) is 6.44. The first-order valence-electron chi connectivity index (χ1n) is 12.0. The lowest BCUT2D eigenvalue weighted by Gasteiger charge is -2.26. The van der Waals surface area contributed by atoms with Crippen LogP contribution in [0.3, 0.4) is 0 Å². The highest BCUT2D eigenvalue weighted by Gasteiger charge is 2.44. The minimum absolute atomic E-state index is 0.0304. The van der Waals surface area contributed by atoms with Gasteiger partial charge in [0.15, 0.2) is 16.9 Å². The standard InChI is InChI=1S/C29H26BrNO6/c1-4-5-14-36-23-12-6-17(15-24(23)35-3)26-25-27(32)21-16-18(30)7-13-22(21)37-28(25)29(33)31(26)19-8-10-20(34-2)11-9-19/h6-13,15-16,26H,4-5,14H2,1-3H3. The zero-order valence-corrected chi connectivity index (χ0v) is 22.3. The summed E-state index contributed by atoms with van der Waals surface area (Å²) in [6.07, 6.45) is 1.93. The average molecular weight is 564 g/mol. The molecule has 1 atom stereocenters. The number of amides is 1. The number of carbonyl (C=O) groups is 1. The van der Waals surface area contributed by atoms with E-state index in [1.807, 2.05) is 18.2 Å². The summed E-state index contributed by atoms with van der Waals surface area (Å²) in [5, 5.41) is 0.397. The summed E-state index contributed by atoms with van der Waals surface area (Å²) in [7, 11) is 3.15. The van der Waals surface area contributed by atoms with Crippen LogP contribution in [0.25, 0.3) is 11.0 Å². The molecule has 0 saturated carbocycles. The Hall–Kier alpha value is -3.78. The predicted molar refractivity (Wildman–Crippen MR) is 145 cm³/mol. The van der Waals surface area contributed by atoms with Gasteiger partial charge in [0.1, 0.15) is 11.3 Å². The highest BCUT2D eigenvalue weighted by molar-refractivity contribution is 9.10. The zero-order chi connectivity index (χ0) is 26.1. The van der Waals surface area contributed by atoms with Gasteiger partial charge in [-0.15, -0.1) is 0 Å². The van der Waals surface area contributed by atoms with Crippen LogP contribution in [0, 0.1) is 0 Å². The third kappa shape index (κ3) is 4.46. The van der Waals surface area contributed by atoms with Crippen molar-refractivity contribution in [2.75, 3.05) is 25.7 Å². The van der Waals surface area contributed by atoms with Gasteiger partial charge in [0.2, 0.25) is 5.76 Å². The minimum atomic E-state index is -0.728. The summed E-state index contributed by atoms with van der Waals surface area (Å²) in [5.41, 5.74) is 1.69. The van der Waals surface area contributed by atoms with Crippen LogP contribution in [0.5, 0.6) is 17.2 Å². The molecular weight excluding hydrogens is 538 g/mol. The molecule has 5 rings (SSSR count). The van der Waals surface area contributed by atoms with Crippen LogP contribution in [0.15, 0.2) is 74.3 Å². The average Bonchev–Trinajstić information content (AvgIpc) is 3.21. The van der Waals surface area contributed by atoms with E-state index in [0.29, 0.717) is 46.1 Å². The number of rotatable bonds is 8. The van der Waals surface area contributed by atoms with Crippen LogP contribution in [0.1, 0.15) is 47.5 Å². The van der Waals surface area contributed by atoms with Crippen molar-refractivity contribution in [3.05, 3.63) is 92.2 Å². The van der Waals surface area contributed by atoms with Crippen molar-refractivity contribution in [2.24, 2.45) is 0 Å². The van der Waals surface area contributed by atoms with Crippen molar-refractivity contribution >= 4 is 38.5 Å². The van der Waals surface area contributed by atoms with Gasteiger partial charge in [-0.25, -0.2) is 0 Å². The smallest absolute Gasteiger partial charge is 0.295 e. The summed E-state index contributed by atoms with van der Waals surface area (Å²) in [6, 6.07) is 17.1. The summed E-state index contributed by atoms with van der Waals surface area (Å²) < 4.78 is 23.6. The second kappa shape index (κ2) is 10.3. The number of unbranched alkanes of at least 4 members (excludes halogenated alkanes) is 1. The van der Waals surface area contributed by atoms with Gasteiger partial charge in [-0.1, -0.05) is 35.3 Å². The van der Waals surface area contributed by atoms with Crippen molar-refractivity contribution in [3.63, 3.8) is 0 Å². The molecule has 2 heterocycles. The monoisotopic (exact) mass is 563 g/mol. The van der Waals surface area contributed by atoms with Gasteiger partial charge in [0.25, 0.3) is 5.91 Å². The maximum atomic E-state index is 13.8. The van der Waals surface area contributed by atoms with E-state index in [4.69, 9.17) is 18.6 Å². The molecule has 7 nitrogen and oxygen atoms in total. The van der Waals surface area contributed by atoms with Gasteiger partial charge in [0.05, 0.1) is 37.8 Å². The zero-order valence-electron chi connectivity index (χ0n) is 20.7. The Bertz CT molecular complexity index is 1530. The van der Waals surface area contributed by atoms with Gasteiger partial charge in [0, 0.05) is 10.2 Å². The first-order chi connectivity index (χ1) is 18.0. The third-order valence-corrected chi connectivity index (χ3v) is 6.93. The van der Waals surface area contributed by atoms with Crippen LogP contribution in [-0.2, 0) is 0 Å². The fraction of sp³-hybridized carbons (Fsp3) is 0.241. The lowest BCUT2D eigenvalue weighted by atomic mass is 9.97. The quantitative estimate of drug-likeness (QED) is 0.228. The normalized spacial score (nSPS) is 14.6. The summed E-state index contributed by atoms with van der Waals surface area (Å²) in [4.78, 5) is 29.2. The Morgan fingerprint density at radius 3 is 2.43 bits per heavy atom. The van der Waals surface area contributed by atoms with Gasteiger partial charge >= 0.3 is 0 Å². The van der Waals surface area contributed by atoms with E-state index >= 15 is 0 Å². The summed E-state index contributed by atoms with van der Waals surface area (Å²) in [5.74, 6) is 1.42.